The summed E-state index contributed by atoms with van der Waals surface area (Å²) in [5.41, 5.74) is -0.105. The number of carbonyl (C=O) groups excluding carboxylic acids is 1. The smallest absolute Gasteiger partial charge is 0.293 e. The monoisotopic (exact) mass is 307 g/mol. The molecule has 0 unspecified atom stereocenters. The van der Waals surface area contributed by atoms with Crippen LogP contribution in [0.15, 0.2) is 35.4 Å². The maximum Gasteiger partial charge on any atom is 0.293 e. The maximum atomic E-state index is 12.3. The summed E-state index contributed by atoms with van der Waals surface area (Å²) in [6.45, 7) is 2.20. The zero-order valence-electron chi connectivity index (χ0n) is 11.6. The van der Waals surface area contributed by atoms with Crippen molar-refractivity contribution in [2.24, 2.45) is 7.05 Å². The summed E-state index contributed by atoms with van der Waals surface area (Å²) in [5, 5.41) is 2.94. The third-order valence-electron chi connectivity index (χ3n) is 2.74. The Kier molecular flexibility index (Phi) is 4.59. The molecule has 0 fully saturated rings. The molecule has 0 aliphatic rings. The van der Waals surface area contributed by atoms with Crippen LogP contribution in [0.2, 0.25) is 5.02 Å². The number of halogens is 1. The molecule has 2 aromatic rings. The number of anilines is 1. The van der Waals surface area contributed by atoms with Crippen LogP contribution >= 0.6 is 11.6 Å². The summed E-state index contributed by atoms with van der Waals surface area (Å²) in [7, 11) is 1.58. The van der Waals surface area contributed by atoms with Crippen molar-refractivity contribution in [3.05, 3.63) is 51.5 Å². The number of ether oxygens (including phenoxy) is 1. The first-order valence-electron chi connectivity index (χ1n) is 6.28. The number of nitrogens with zero attached hydrogens (tertiary/aromatic N) is 2. The van der Waals surface area contributed by atoms with E-state index in [0.717, 1.165) is 0 Å². The average Bonchev–Trinajstić information content (AvgIpc) is 2.44. The second kappa shape index (κ2) is 6.41. The normalized spacial score (nSPS) is 10.2. The Balaban J connectivity index is 2.32. The lowest BCUT2D eigenvalue weighted by atomic mass is 10.2. The maximum absolute atomic E-state index is 12.3. The molecular weight excluding hydrogens is 294 g/mol. The van der Waals surface area contributed by atoms with E-state index in [4.69, 9.17) is 16.3 Å². The molecule has 1 aromatic carbocycles. The molecular formula is C14H14ClN3O3. The lowest BCUT2D eigenvalue weighted by Gasteiger charge is -2.10. The van der Waals surface area contributed by atoms with E-state index in [1.165, 1.54) is 23.0 Å². The van der Waals surface area contributed by atoms with E-state index in [0.29, 0.717) is 17.4 Å². The fourth-order valence-electron chi connectivity index (χ4n) is 1.72. The SMILES string of the molecule is CCOc1cc(Cl)ccc1C(=O)Nc1nccn(C)c1=O. The summed E-state index contributed by atoms with van der Waals surface area (Å²) < 4.78 is 6.71. The van der Waals surface area contributed by atoms with Gasteiger partial charge < -0.3 is 14.6 Å². The van der Waals surface area contributed by atoms with Crippen molar-refractivity contribution in [1.82, 2.24) is 9.55 Å². The van der Waals surface area contributed by atoms with E-state index in [2.05, 4.69) is 10.3 Å². The van der Waals surface area contributed by atoms with Crippen molar-refractivity contribution >= 4 is 23.3 Å². The van der Waals surface area contributed by atoms with Gasteiger partial charge in [0.05, 0.1) is 12.2 Å². The molecule has 1 aromatic heterocycles. The first kappa shape index (κ1) is 15.1. The molecule has 21 heavy (non-hydrogen) atoms. The van der Waals surface area contributed by atoms with Gasteiger partial charge in [0, 0.05) is 24.5 Å². The Morgan fingerprint density at radius 2 is 2.24 bits per heavy atom. The highest BCUT2D eigenvalue weighted by atomic mass is 35.5. The quantitative estimate of drug-likeness (QED) is 0.938. The van der Waals surface area contributed by atoms with Crippen molar-refractivity contribution in [2.75, 3.05) is 11.9 Å². The number of hydrogen-bond acceptors (Lipinski definition) is 4. The number of rotatable bonds is 4. The second-order valence-corrected chi connectivity index (χ2v) is 4.66. The molecule has 0 bridgehead atoms. The van der Waals surface area contributed by atoms with Crippen LogP contribution in [0.25, 0.3) is 0 Å². The van der Waals surface area contributed by atoms with Crippen molar-refractivity contribution in [2.45, 2.75) is 6.92 Å². The molecule has 0 spiro atoms. The molecule has 0 saturated heterocycles. The van der Waals surface area contributed by atoms with Gasteiger partial charge in [0.25, 0.3) is 11.5 Å². The Bertz CT molecular complexity index is 728. The van der Waals surface area contributed by atoms with E-state index in [1.54, 1.807) is 26.1 Å². The fourth-order valence-corrected chi connectivity index (χ4v) is 1.88. The highest BCUT2D eigenvalue weighted by Gasteiger charge is 2.15. The number of aromatic nitrogens is 2. The Morgan fingerprint density at radius 1 is 1.48 bits per heavy atom. The topological polar surface area (TPSA) is 73.2 Å². The van der Waals surface area contributed by atoms with Crippen molar-refractivity contribution in [3.63, 3.8) is 0 Å². The van der Waals surface area contributed by atoms with Crippen LogP contribution in [0.5, 0.6) is 5.75 Å². The lowest BCUT2D eigenvalue weighted by molar-refractivity contribution is 0.102. The first-order valence-corrected chi connectivity index (χ1v) is 6.66. The summed E-state index contributed by atoms with van der Waals surface area (Å²) >= 11 is 5.89. The molecule has 2 rings (SSSR count). The summed E-state index contributed by atoms with van der Waals surface area (Å²) in [4.78, 5) is 28.0. The Morgan fingerprint density at radius 3 is 2.95 bits per heavy atom. The Hall–Kier alpha value is -2.34. The third kappa shape index (κ3) is 3.41. The van der Waals surface area contributed by atoms with Crippen LogP contribution in [0, 0.1) is 0 Å². The second-order valence-electron chi connectivity index (χ2n) is 4.22. The molecule has 0 atom stereocenters. The number of benzene rings is 1. The molecule has 0 aliphatic carbocycles. The van der Waals surface area contributed by atoms with E-state index in [-0.39, 0.29) is 11.4 Å². The van der Waals surface area contributed by atoms with Crippen molar-refractivity contribution in [3.8, 4) is 5.75 Å². The molecule has 7 heteroatoms. The average molecular weight is 308 g/mol. The molecule has 0 saturated carbocycles. The van der Waals surface area contributed by atoms with Gasteiger partial charge in [-0.2, -0.15) is 0 Å². The van der Waals surface area contributed by atoms with Gasteiger partial charge in [-0.3, -0.25) is 9.59 Å². The number of hydrogen-bond donors (Lipinski definition) is 1. The van der Waals surface area contributed by atoms with E-state index < -0.39 is 11.5 Å². The number of aryl methyl sites for hydroxylation is 1. The van der Waals surface area contributed by atoms with Gasteiger partial charge in [0.1, 0.15) is 5.75 Å². The zero-order chi connectivity index (χ0) is 15.4. The summed E-state index contributed by atoms with van der Waals surface area (Å²) in [6.07, 6.45) is 2.94. The van der Waals surface area contributed by atoms with E-state index in [1.807, 2.05) is 0 Å². The van der Waals surface area contributed by atoms with Crippen molar-refractivity contribution < 1.29 is 9.53 Å². The van der Waals surface area contributed by atoms with Crippen LogP contribution in [-0.2, 0) is 7.05 Å². The molecule has 110 valence electrons. The first-order chi connectivity index (χ1) is 10.0. The molecule has 1 N–H and O–H groups in total. The predicted molar refractivity (Wildman–Crippen MR) is 80.1 cm³/mol. The largest absolute Gasteiger partial charge is 0.493 e. The molecule has 1 heterocycles. The van der Waals surface area contributed by atoms with Gasteiger partial charge in [0.2, 0.25) is 0 Å². The molecule has 1 amide bonds. The Labute approximate surface area is 126 Å². The van der Waals surface area contributed by atoms with Gasteiger partial charge in [-0.05, 0) is 25.1 Å². The minimum atomic E-state index is -0.481. The van der Waals surface area contributed by atoms with E-state index in [9.17, 15) is 9.59 Å². The number of amides is 1. The highest BCUT2D eigenvalue weighted by molar-refractivity contribution is 6.31. The van der Waals surface area contributed by atoms with Gasteiger partial charge >= 0.3 is 0 Å². The predicted octanol–water partition coefficient (Wildman–Crippen LogP) is 2.08. The van der Waals surface area contributed by atoms with Crippen LogP contribution in [-0.4, -0.2) is 22.1 Å². The molecule has 0 aliphatic heterocycles. The minimum absolute atomic E-state index is 0.0394. The van der Waals surface area contributed by atoms with Crippen LogP contribution in [0.1, 0.15) is 17.3 Å². The molecule has 0 radical (unpaired) electrons. The third-order valence-corrected chi connectivity index (χ3v) is 2.97. The van der Waals surface area contributed by atoms with Crippen molar-refractivity contribution in [1.29, 1.82) is 0 Å². The summed E-state index contributed by atoms with van der Waals surface area (Å²) in [5.74, 6) is -0.163. The lowest BCUT2D eigenvalue weighted by Crippen LogP contribution is -2.25. The van der Waals surface area contributed by atoms with Gasteiger partial charge in [0.15, 0.2) is 5.82 Å². The van der Waals surface area contributed by atoms with Crippen LogP contribution in [0.3, 0.4) is 0 Å². The minimum Gasteiger partial charge on any atom is -0.493 e. The van der Waals surface area contributed by atoms with Gasteiger partial charge in [-0.1, -0.05) is 11.6 Å². The van der Waals surface area contributed by atoms with Crippen LogP contribution < -0.4 is 15.6 Å². The standard InChI is InChI=1S/C14H14ClN3O3/c1-3-21-11-8-9(15)4-5-10(11)13(19)17-12-14(20)18(2)7-6-16-12/h4-8H,3H2,1-2H3,(H,16,17,19). The van der Waals surface area contributed by atoms with Crippen LogP contribution in [0.4, 0.5) is 5.82 Å². The van der Waals surface area contributed by atoms with E-state index >= 15 is 0 Å². The zero-order valence-corrected chi connectivity index (χ0v) is 12.3. The fraction of sp³-hybridized carbons (Fsp3) is 0.214. The summed E-state index contributed by atoms with van der Waals surface area (Å²) in [6, 6.07) is 4.67. The molecule has 6 nitrogen and oxygen atoms in total. The number of carbonyl (C=O) groups is 1. The van der Waals surface area contributed by atoms with Gasteiger partial charge in [-0.25, -0.2) is 4.98 Å². The highest BCUT2D eigenvalue weighted by Crippen LogP contribution is 2.24. The number of nitrogens with one attached hydrogen (secondary N) is 1. The van der Waals surface area contributed by atoms with Gasteiger partial charge in [-0.15, -0.1) is 0 Å².